The van der Waals surface area contributed by atoms with Crippen molar-refractivity contribution in [2.24, 2.45) is 0 Å². The van der Waals surface area contributed by atoms with Gasteiger partial charge in [-0.2, -0.15) is 4.39 Å². The molecule has 0 atom stereocenters. The highest BCUT2D eigenvalue weighted by atomic mass is 35.5. The van der Waals surface area contributed by atoms with Gasteiger partial charge in [-0.1, -0.05) is 11.6 Å². The van der Waals surface area contributed by atoms with E-state index in [0.29, 0.717) is 5.56 Å². The number of pyridine rings is 1. The molecule has 0 aliphatic carbocycles. The molecule has 2 rings (SSSR count). The van der Waals surface area contributed by atoms with Gasteiger partial charge in [0.05, 0.1) is 18.2 Å². The van der Waals surface area contributed by atoms with Crippen molar-refractivity contribution >= 4 is 11.6 Å². The van der Waals surface area contributed by atoms with Crippen molar-refractivity contribution in [1.29, 1.82) is 0 Å². The van der Waals surface area contributed by atoms with E-state index in [1.54, 1.807) is 0 Å². The molecule has 0 amide bonds. The molecule has 1 aromatic heterocycles. The zero-order valence-corrected chi connectivity index (χ0v) is 7.38. The van der Waals surface area contributed by atoms with Crippen LogP contribution in [0.2, 0.25) is 5.02 Å². The van der Waals surface area contributed by atoms with Crippen LogP contribution in [0.25, 0.3) is 0 Å². The van der Waals surface area contributed by atoms with Gasteiger partial charge in [-0.05, 0) is 6.07 Å². The van der Waals surface area contributed by atoms with Crippen molar-refractivity contribution in [3.63, 3.8) is 0 Å². The van der Waals surface area contributed by atoms with Crippen molar-refractivity contribution < 1.29 is 14.2 Å². The summed E-state index contributed by atoms with van der Waals surface area (Å²) in [7, 11) is 0. The van der Waals surface area contributed by atoms with Gasteiger partial charge >= 0.3 is 0 Å². The molecule has 0 bridgehead atoms. The predicted molar refractivity (Wildman–Crippen MR) is 43.9 cm³/mol. The molecule has 1 aromatic rings. The summed E-state index contributed by atoms with van der Waals surface area (Å²) in [5.74, 6) is -0.728. The van der Waals surface area contributed by atoms with E-state index < -0.39 is 11.5 Å². The number of aliphatic hydroxyl groups is 1. The van der Waals surface area contributed by atoms with E-state index in [2.05, 4.69) is 4.98 Å². The number of aromatic nitrogens is 1. The highest BCUT2D eigenvalue weighted by Gasteiger charge is 2.38. The van der Waals surface area contributed by atoms with E-state index in [1.165, 1.54) is 12.3 Å². The van der Waals surface area contributed by atoms with Crippen LogP contribution in [-0.2, 0) is 10.3 Å². The Morgan fingerprint density at radius 1 is 1.62 bits per heavy atom. The van der Waals surface area contributed by atoms with Crippen LogP contribution in [-0.4, -0.2) is 23.3 Å². The van der Waals surface area contributed by atoms with E-state index in [9.17, 15) is 9.50 Å². The monoisotopic (exact) mass is 203 g/mol. The van der Waals surface area contributed by atoms with E-state index in [0.717, 1.165) is 0 Å². The van der Waals surface area contributed by atoms with E-state index >= 15 is 0 Å². The number of hydrogen-bond donors (Lipinski definition) is 1. The zero-order chi connectivity index (χ0) is 9.47. The number of rotatable bonds is 1. The molecule has 2 heterocycles. The lowest BCUT2D eigenvalue weighted by atomic mass is 9.94. The molecule has 5 heteroatoms. The normalized spacial score (nSPS) is 19.6. The maximum atomic E-state index is 12.7. The lowest BCUT2D eigenvalue weighted by Crippen LogP contribution is -2.46. The molecule has 1 saturated heterocycles. The topological polar surface area (TPSA) is 42.4 Å². The maximum absolute atomic E-state index is 12.7. The van der Waals surface area contributed by atoms with Crippen LogP contribution >= 0.6 is 11.6 Å². The highest BCUT2D eigenvalue weighted by Crippen LogP contribution is 2.30. The Balaban J connectivity index is 2.36. The second-order valence-corrected chi connectivity index (χ2v) is 3.43. The van der Waals surface area contributed by atoms with Crippen LogP contribution in [0.4, 0.5) is 4.39 Å². The van der Waals surface area contributed by atoms with Crippen molar-refractivity contribution in [1.82, 2.24) is 4.98 Å². The van der Waals surface area contributed by atoms with Crippen LogP contribution in [0.3, 0.4) is 0 Å². The molecule has 13 heavy (non-hydrogen) atoms. The van der Waals surface area contributed by atoms with Gasteiger partial charge < -0.3 is 9.84 Å². The maximum Gasteiger partial charge on any atom is 0.231 e. The Morgan fingerprint density at radius 3 is 2.77 bits per heavy atom. The standard InChI is InChI=1S/C8H7ClFNO2/c9-6-1-5(2-11-7(6)10)8(12)3-13-4-8/h1-2,12H,3-4H2. The lowest BCUT2D eigenvalue weighted by molar-refractivity contribution is -0.184. The fourth-order valence-corrected chi connectivity index (χ4v) is 1.30. The van der Waals surface area contributed by atoms with Gasteiger partial charge in [-0.15, -0.1) is 0 Å². The summed E-state index contributed by atoms with van der Waals surface area (Å²) >= 11 is 5.51. The summed E-state index contributed by atoms with van der Waals surface area (Å²) in [6.45, 7) is 0.410. The summed E-state index contributed by atoms with van der Waals surface area (Å²) in [4.78, 5) is 3.41. The van der Waals surface area contributed by atoms with Crippen molar-refractivity contribution in [3.8, 4) is 0 Å². The van der Waals surface area contributed by atoms with Crippen LogP contribution in [0.5, 0.6) is 0 Å². The van der Waals surface area contributed by atoms with Gasteiger partial charge in [-0.25, -0.2) is 4.98 Å². The van der Waals surface area contributed by atoms with Gasteiger partial charge in [0.1, 0.15) is 5.60 Å². The van der Waals surface area contributed by atoms with Crippen LogP contribution in [0.15, 0.2) is 12.3 Å². The summed E-state index contributed by atoms with van der Waals surface area (Å²) in [6.07, 6.45) is 1.27. The molecule has 1 aliphatic heterocycles. The third-order valence-corrected chi connectivity index (χ3v) is 2.28. The Bertz CT molecular complexity index is 341. The summed E-state index contributed by atoms with van der Waals surface area (Å²) in [5.41, 5.74) is -0.546. The number of halogens is 2. The summed E-state index contributed by atoms with van der Waals surface area (Å²) < 4.78 is 17.5. The smallest absolute Gasteiger partial charge is 0.231 e. The molecule has 1 fully saturated rings. The first-order valence-electron chi connectivity index (χ1n) is 3.73. The zero-order valence-electron chi connectivity index (χ0n) is 6.63. The Kier molecular flexibility index (Phi) is 1.98. The molecule has 0 saturated carbocycles. The molecule has 1 N–H and O–H groups in total. The van der Waals surface area contributed by atoms with Crippen LogP contribution in [0.1, 0.15) is 5.56 Å². The first-order valence-corrected chi connectivity index (χ1v) is 4.11. The molecular weight excluding hydrogens is 197 g/mol. The Morgan fingerprint density at radius 2 is 2.31 bits per heavy atom. The average molecular weight is 204 g/mol. The van der Waals surface area contributed by atoms with Crippen LogP contribution < -0.4 is 0 Å². The first kappa shape index (κ1) is 8.87. The Labute approximate surface area is 79.1 Å². The van der Waals surface area contributed by atoms with Crippen molar-refractivity contribution in [3.05, 3.63) is 28.8 Å². The molecule has 0 unspecified atom stereocenters. The molecule has 3 nitrogen and oxygen atoms in total. The second-order valence-electron chi connectivity index (χ2n) is 3.02. The van der Waals surface area contributed by atoms with Crippen molar-refractivity contribution in [2.75, 3.05) is 13.2 Å². The van der Waals surface area contributed by atoms with Gasteiger partial charge in [0.25, 0.3) is 0 Å². The minimum absolute atomic E-state index is 0.0853. The minimum atomic E-state index is -1.04. The Hall–Kier alpha value is -0.710. The third-order valence-electron chi connectivity index (χ3n) is 2.02. The number of hydrogen-bond acceptors (Lipinski definition) is 3. The molecule has 0 radical (unpaired) electrons. The second kappa shape index (κ2) is 2.90. The largest absolute Gasteiger partial charge is 0.380 e. The number of ether oxygens (including phenoxy) is 1. The van der Waals surface area contributed by atoms with Gasteiger partial charge in [0.15, 0.2) is 0 Å². The minimum Gasteiger partial charge on any atom is -0.380 e. The van der Waals surface area contributed by atoms with Crippen LogP contribution in [0, 0.1) is 5.95 Å². The van der Waals surface area contributed by atoms with E-state index in [-0.39, 0.29) is 18.2 Å². The predicted octanol–water partition coefficient (Wildman–Crippen LogP) is 1.09. The quantitative estimate of drug-likeness (QED) is 0.695. The SMILES string of the molecule is OC1(c2cnc(F)c(Cl)c2)COC1. The average Bonchev–Trinajstić information content (AvgIpc) is 2.06. The van der Waals surface area contributed by atoms with Gasteiger partial charge in [-0.3, -0.25) is 0 Å². The molecule has 0 spiro atoms. The molecule has 1 aliphatic rings. The van der Waals surface area contributed by atoms with E-state index in [1.807, 2.05) is 0 Å². The van der Waals surface area contributed by atoms with Crippen molar-refractivity contribution in [2.45, 2.75) is 5.60 Å². The van der Waals surface area contributed by atoms with Gasteiger partial charge in [0.2, 0.25) is 5.95 Å². The summed E-state index contributed by atoms with van der Waals surface area (Å²) in [5, 5.41) is 9.67. The first-order chi connectivity index (χ1) is 6.12. The fraction of sp³-hybridized carbons (Fsp3) is 0.375. The fourth-order valence-electron chi connectivity index (χ4n) is 1.14. The number of nitrogens with zero attached hydrogens (tertiary/aromatic N) is 1. The molecule has 70 valence electrons. The lowest BCUT2D eigenvalue weighted by Gasteiger charge is -2.36. The van der Waals surface area contributed by atoms with Gasteiger partial charge in [0, 0.05) is 11.8 Å². The third kappa shape index (κ3) is 1.41. The molecule has 0 aromatic carbocycles. The summed E-state index contributed by atoms with van der Waals surface area (Å²) in [6, 6.07) is 1.37. The highest BCUT2D eigenvalue weighted by molar-refractivity contribution is 6.30. The molecular formula is C8H7ClFNO2. The van der Waals surface area contributed by atoms with E-state index in [4.69, 9.17) is 16.3 Å².